The number of hydrogen-bond acceptors (Lipinski definition) is 6. The summed E-state index contributed by atoms with van der Waals surface area (Å²) in [5.74, 6) is 0.777. The van der Waals surface area contributed by atoms with Crippen LogP contribution in [0.25, 0.3) is 5.69 Å². The molecule has 0 bridgehead atoms. The first-order chi connectivity index (χ1) is 14.4. The van der Waals surface area contributed by atoms with Crippen molar-refractivity contribution in [3.63, 3.8) is 0 Å². The van der Waals surface area contributed by atoms with Gasteiger partial charge in [0, 0.05) is 12.1 Å². The first kappa shape index (κ1) is 21.6. The highest BCUT2D eigenvalue weighted by Crippen LogP contribution is 2.35. The van der Waals surface area contributed by atoms with Crippen molar-refractivity contribution in [3.8, 4) is 17.2 Å². The number of rotatable bonds is 8. The third-order valence-corrected chi connectivity index (χ3v) is 5.16. The normalized spacial score (nSPS) is 11.9. The molecular formula is C21H24ClN5O3. The van der Waals surface area contributed by atoms with Crippen LogP contribution in [-0.4, -0.2) is 53.4 Å². The molecule has 9 heteroatoms. The molecule has 1 aromatic heterocycles. The van der Waals surface area contributed by atoms with E-state index in [0.29, 0.717) is 22.2 Å². The van der Waals surface area contributed by atoms with Crippen LogP contribution in [-0.2, 0) is 4.79 Å². The summed E-state index contributed by atoms with van der Waals surface area (Å²) in [6, 6.07) is 11.3. The number of nitrogens with zero attached hydrogens (tertiary/aromatic N) is 4. The summed E-state index contributed by atoms with van der Waals surface area (Å²) >= 11 is 6.18. The Balaban J connectivity index is 1.64. The van der Waals surface area contributed by atoms with Gasteiger partial charge in [-0.2, -0.15) is 5.10 Å². The van der Waals surface area contributed by atoms with E-state index in [-0.39, 0.29) is 18.5 Å². The number of benzene rings is 2. The second-order valence-electron chi connectivity index (χ2n) is 6.76. The molecule has 3 rings (SSSR count). The Hall–Kier alpha value is -3.10. The number of aromatic nitrogens is 3. The average Bonchev–Trinajstić information content (AvgIpc) is 3.28. The van der Waals surface area contributed by atoms with Crippen molar-refractivity contribution in [3.05, 3.63) is 59.6 Å². The van der Waals surface area contributed by atoms with Gasteiger partial charge in [-0.25, -0.2) is 9.67 Å². The lowest BCUT2D eigenvalue weighted by Crippen LogP contribution is -2.32. The van der Waals surface area contributed by atoms with Crippen LogP contribution in [0.5, 0.6) is 11.5 Å². The fourth-order valence-electron chi connectivity index (χ4n) is 3.01. The lowest BCUT2D eigenvalue weighted by atomic mass is 10.1. The van der Waals surface area contributed by atoms with Gasteiger partial charge in [0.15, 0.2) is 0 Å². The number of anilines is 1. The second kappa shape index (κ2) is 9.60. The molecule has 0 saturated heterocycles. The highest BCUT2D eigenvalue weighted by molar-refractivity contribution is 6.32. The van der Waals surface area contributed by atoms with Gasteiger partial charge in [-0.1, -0.05) is 23.7 Å². The molecule has 1 heterocycles. The molecule has 158 valence electrons. The zero-order valence-corrected chi connectivity index (χ0v) is 18.1. The van der Waals surface area contributed by atoms with Crippen molar-refractivity contribution in [1.82, 2.24) is 19.7 Å². The fraction of sp³-hybridized carbons (Fsp3) is 0.286. The van der Waals surface area contributed by atoms with Crippen LogP contribution < -0.4 is 14.8 Å². The standard InChI is InChI=1S/C21H24ClN5O3/c1-14(15-5-7-16(8-6-15)27-13-23-12-24-27)26(2)11-21(28)25-18-9-17(22)19(29-3)10-20(18)30-4/h5-10,12-14H,11H2,1-4H3,(H,25,28). The monoisotopic (exact) mass is 429 g/mol. The number of likely N-dealkylation sites (N-methyl/N-ethyl adjacent to an activating group) is 1. The van der Waals surface area contributed by atoms with Crippen LogP contribution in [0.2, 0.25) is 5.02 Å². The Kier molecular flexibility index (Phi) is 6.91. The van der Waals surface area contributed by atoms with E-state index in [1.165, 1.54) is 20.5 Å². The van der Waals surface area contributed by atoms with Crippen molar-refractivity contribution in [2.75, 3.05) is 33.1 Å². The number of methoxy groups -OCH3 is 2. The van der Waals surface area contributed by atoms with Crippen LogP contribution in [0, 0.1) is 0 Å². The maximum absolute atomic E-state index is 12.6. The molecule has 1 amide bonds. The van der Waals surface area contributed by atoms with Gasteiger partial charge in [0.05, 0.1) is 37.2 Å². The number of carbonyl (C=O) groups is 1. The van der Waals surface area contributed by atoms with Gasteiger partial charge in [-0.05, 0) is 37.7 Å². The molecule has 30 heavy (non-hydrogen) atoms. The summed E-state index contributed by atoms with van der Waals surface area (Å²) < 4.78 is 12.2. The predicted molar refractivity (Wildman–Crippen MR) is 116 cm³/mol. The number of halogens is 1. The van der Waals surface area contributed by atoms with Crippen molar-refractivity contribution in [2.45, 2.75) is 13.0 Å². The van der Waals surface area contributed by atoms with Gasteiger partial charge < -0.3 is 14.8 Å². The summed E-state index contributed by atoms with van der Waals surface area (Å²) in [7, 11) is 4.94. The largest absolute Gasteiger partial charge is 0.495 e. The third-order valence-electron chi connectivity index (χ3n) is 4.86. The minimum Gasteiger partial charge on any atom is -0.495 e. The second-order valence-corrected chi connectivity index (χ2v) is 7.17. The maximum atomic E-state index is 12.6. The predicted octanol–water partition coefficient (Wildman–Crippen LogP) is 3.57. The quantitative estimate of drug-likeness (QED) is 0.589. The number of carbonyl (C=O) groups excluding carboxylic acids is 1. The van der Waals surface area contributed by atoms with Crippen molar-refractivity contribution >= 4 is 23.2 Å². The minimum atomic E-state index is -0.178. The lowest BCUT2D eigenvalue weighted by Gasteiger charge is -2.25. The van der Waals surface area contributed by atoms with Gasteiger partial charge >= 0.3 is 0 Å². The number of nitrogens with one attached hydrogen (secondary N) is 1. The number of hydrogen-bond donors (Lipinski definition) is 1. The summed E-state index contributed by atoms with van der Waals surface area (Å²) in [6.07, 6.45) is 3.14. The Labute approximate surface area is 180 Å². The zero-order chi connectivity index (χ0) is 21.7. The van der Waals surface area contributed by atoms with Crippen LogP contribution in [0.15, 0.2) is 49.1 Å². The number of ether oxygens (including phenoxy) is 2. The van der Waals surface area contributed by atoms with E-state index in [4.69, 9.17) is 21.1 Å². The van der Waals surface area contributed by atoms with E-state index in [1.54, 1.807) is 23.1 Å². The maximum Gasteiger partial charge on any atom is 0.238 e. The molecule has 0 aliphatic rings. The van der Waals surface area contributed by atoms with Crippen molar-refractivity contribution < 1.29 is 14.3 Å². The van der Waals surface area contributed by atoms with E-state index in [0.717, 1.165) is 11.3 Å². The molecule has 0 aliphatic carbocycles. The first-order valence-electron chi connectivity index (χ1n) is 9.29. The number of amides is 1. The lowest BCUT2D eigenvalue weighted by molar-refractivity contribution is -0.117. The highest BCUT2D eigenvalue weighted by Gasteiger charge is 2.17. The van der Waals surface area contributed by atoms with Gasteiger partial charge in [0.1, 0.15) is 24.2 Å². The molecule has 1 unspecified atom stereocenters. The van der Waals surface area contributed by atoms with E-state index < -0.39 is 0 Å². The molecule has 1 N–H and O–H groups in total. The van der Waals surface area contributed by atoms with Gasteiger partial charge in [0.2, 0.25) is 5.91 Å². The molecule has 0 aliphatic heterocycles. The fourth-order valence-corrected chi connectivity index (χ4v) is 3.25. The summed E-state index contributed by atoms with van der Waals surface area (Å²) in [4.78, 5) is 18.5. The first-order valence-corrected chi connectivity index (χ1v) is 9.67. The molecule has 0 radical (unpaired) electrons. The average molecular weight is 430 g/mol. The third kappa shape index (κ3) is 4.90. The highest BCUT2D eigenvalue weighted by atomic mass is 35.5. The molecule has 0 spiro atoms. The summed E-state index contributed by atoms with van der Waals surface area (Å²) in [5, 5.41) is 7.37. The van der Waals surface area contributed by atoms with E-state index >= 15 is 0 Å². The van der Waals surface area contributed by atoms with Gasteiger partial charge in [-0.15, -0.1) is 0 Å². The molecule has 8 nitrogen and oxygen atoms in total. The van der Waals surface area contributed by atoms with E-state index in [9.17, 15) is 4.79 Å². The van der Waals surface area contributed by atoms with Crippen LogP contribution >= 0.6 is 11.6 Å². The SMILES string of the molecule is COc1cc(OC)c(NC(=O)CN(C)C(C)c2ccc(-n3cncn3)cc2)cc1Cl. The molecule has 0 fully saturated rings. The van der Waals surface area contributed by atoms with Crippen LogP contribution in [0.4, 0.5) is 5.69 Å². The molecule has 1 atom stereocenters. The minimum absolute atomic E-state index is 0.0295. The molecule has 2 aromatic carbocycles. The van der Waals surface area contributed by atoms with Crippen LogP contribution in [0.1, 0.15) is 18.5 Å². The molecule has 0 saturated carbocycles. The Morgan fingerprint density at radius 1 is 1.20 bits per heavy atom. The van der Waals surface area contributed by atoms with Gasteiger partial charge in [-0.3, -0.25) is 9.69 Å². The topological polar surface area (TPSA) is 81.5 Å². The van der Waals surface area contributed by atoms with Crippen LogP contribution in [0.3, 0.4) is 0 Å². The van der Waals surface area contributed by atoms with Crippen molar-refractivity contribution in [2.24, 2.45) is 0 Å². The zero-order valence-electron chi connectivity index (χ0n) is 17.3. The van der Waals surface area contributed by atoms with E-state index in [2.05, 4.69) is 15.4 Å². The summed E-state index contributed by atoms with van der Waals surface area (Å²) in [6.45, 7) is 2.24. The summed E-state index contributed by atoms with van der Waals surface area (Å²) in [5.41, 5.74) is 2.50. The molecule has 3 aromatic rings. The smallest absolute Gasteiger partial charge is 0.238 e. The Bertz CT molecular complexity index is 993. The van der Waals surface area contributed by atoms with E-state index in [1.807, 2.05) is 43.1 Å². The Morgan fingerprint density at radius 3 is 2.50 bits per heavy atom. The Morgan fingerprint density at radius 2 is 1.90 bits per heavy atom. The van der Waals surface area contributed by atoms with Gasteiger partial charge in [0.25, 0.3) is 0 Å². The molecular weight excluding hydrogens is 406 g/mol. The van der Waals surface area contributed by atoms with Crippen molar-refractivity contribution in [1.29, 1.82) is 0 Å².